The van der Waals surface area contributed by atoms with Gasteiger partial charge in [-0.05, 0) is 30.6 Å². The van der Waals surface area contributed by atoms with Gasteiger partial charge in [0.25, 0.3) is 0 Å². The quantitative estimate of drug-likeness (QED) is 0.700. The van der Waals surface area contributed by atoms with Gasteiger partial charge in [-0.15, -0.1) is 0 Å². The van der Waals surface area contributed by atoms with Crippen LogP contribution in [0.2, 0.25) is 0 Å². The van der Waals surface area contributed by atoms with Crippen LogP contribution in [-0.2, 0) is 9.47 Å². The molecule has 1 atom stereocenters. The zero-order valence-corrected chi connectivity index (χ0v) is 11.1. The van der Waals surface area contributed by atoms with Gasteiger partial charge in [0, 0.05) is 10.6 Å². The molecular formula is C13H21ClO2. The van der Waals surface area contributed by atoms with Crippen molar-refractivity contribution in [1.29, 1.82) is 0 Å². The van der Waals surface area contributed by atoms with Crippen molar-refractivity contribution < 1.29 is 9.47 Å². The molecule has 1 aliphatic carbocycles. The molecule has 1 heterocycles. The van der Waals surface area contributed by atoms with Crippen LogP contribution < -0.4 is 0 Å². The molecule has 0 radical (unpaired) electrons. The molecule has 0 aromatic heterocycles. The van der Waals surface area contributed by atoms with Crippen LogP contribution in [0, 0.1) is 11.3 Å². The van der Waals surface area contributed by atoms with E-state index in [2.05, 4.69) is 20.8 Å². The number of ether oxygens (including phenoxy) is 2. The van der Waals surface area contributed by atoms with Gasteiger partial charge in [0.05, 0.1) is 13.2 Å². The Morgan fingerprint density at radius 3 is 2.38 bits per heavy atom. The van der Waals surface area contributed by atoms with Crippen molar-refractivity contribution in [3.05, 3.63) is 10.6 Å². The first-order valence-corrected chi connectivity index (χ1v) is 6.47. The molecule has 16 heavy (non-hydrogen) atoms. The maximum atomic E-state index is 6.30. The molecule has 1 unspecified atom stereocenters. The molecule has 1 saturated heterocycles. The summed E-state index contributed by atoms with van der Waals surface area (Å²) < 4.78 is 11.1. The molecule has 2 aliphatic rings. The van der Waals surface area contributed by atoms with Gasteiger partial charge >= 0.3 is 0 Å². The van der Waals surface area contributed by atoms with Crippen LogP contribution in [0.3, 0.4) is 0 Å². The van der Waals surface area contributed by atoms with E-state index >= 15 is 0 Å². The minimum atomic E-state index is -0.169. The van der Waals surface area contributed by atoms with Crippen LogP contribution in [0.25, 0.3) is 0 Å². The lowest BCUT2D eigenvalue weighted by Crippen LogP contribution is -2.27. The molecule has 0 amide bonds. The Morgan fingerprint density at radius 2 is 1.81 bits per heavy atom. The van der Waals surface area contributed by atoms with Crippen molar-refractivity contribution in [3.8, 4) is 0 Å². The average Bonchev–Trinajstić information content (AvgIpc) is 2.69. The highest BCUT2D eigenvalue weighted by Crippen LogP contribution is 2.43. The molecule has 2 rings (SSSR count). The first-order chi connectivity index (χ1) is 7.48. The van der Waals surface area contributed by atoms with Gasteiger partial charge in [0.15, 0.2) is 6.29 Å². The Kier molecular flexibility index (Phi) is 3.62. The first-order valence-electron chi connectivity index (χ1n) is 6.09. The van der Waals surface area contributed by atoms with E-state index in [0.29, 0.717) is 24.5 Å². The van der Waals surface area contributed by atoms with E-state index in [1.165, 1.54) is 12.0 Å². The third-order valence-electron chi connectivity index (χ3n) is 3.66. The van der Waals surface area contributed by atoms with E-state index in [1.54, 1.807) is 0 Å². The van der Waals surface area contributed by atoms with Gasteiger partial charge < -0.3 is 9.47 Å². The highest BCUT2D eigenvalue weighted by molar-refractivity contribution is 6.30. The van der Waals surface area contributed by atoms with E-state index < -0.39 is 0 Å². The van der Waals surface area contributed by atoms with Crippen LogP contribution >= 0.6 is 11.6 Å². The summed E-state index contributed by atoms with van der Waals surface area (Å²) in [4.78, 5) is 0. The zero-order chi connectivity index (χ0) is 11.8. The second-order valence-corrected chi connectivity index (χ2v) is 6.27. The number of hydrogen-bond acceptors (Lipinski definition) is 2. The fourth-order valence-electron chi connectivity index (χ4n) is 2.46. The van der Waals surface area contributed by atoms with E-state index in [4.69, 9.17) is 21.1 Å². The molecule has 3 heteroatoms. The normalized spacial score (nSPS) is 28.9. The van der Waals surface area contributed by atoms with Crippen molar-refractivity contribution in [2.75, 3.05) is 13.2 Å². The van der Waals surface area contributed by atoms with Gasteiger partial charge in [-0.2, -0.15) is 0 Å². The fourth-order valence-corrected chi connectivity index (χ4v) is 2.74. The van der Waals surface area contributed by atoms with E-state index in [9.17, 15) is 0 Å². The van der Waals surface area contributed by atoms with Crippen LogP contribution in [0.15, 0.2) is 10.6 Å². The van der Waals surface area contributed by atoms with Crippen LogP contribution in [0.4, 0.5) is 0 Å². The van der Waals surface area contributed by atoms with Crippen LogP contribution in [-0.4, -0.2) is 19.5 Å². The molecule has 1 aliphatic heterocycles. The van der Waals surface area contributed by atoms with Gasteiger partial charge in [-0.25, -0.2) is 0 Å². The van der Waals surface area contributed by atoms with Crippen molar-refractivity contribution in [1.82, 2.24) is 0 Å². The maximum absolute atomic E-state index is 6.30. The highest BCUT2D eigenvalue weighted by atomic mass is 35.5. The van der Waals surface area contributed by atoms with Crippen molar-refractivity contribution >= 4 is 11.6 Å². The summed E-state index contributed by atoms with van der Waals surface area (Å²) in [6, 6.07) is 0. The Labute approximate surface area is 103 Å². The molecule has 0 N–H and O–H groups in total. The average molecular weight is 245 g/mol. The molecule has 92 valence electrons. The second kappa shape index (κ2) is 4.67. The predicted octanol–water partition coefficient (Wildman–Crippen LogP) is 3.70. The Hall–Kier alpha value is -0.0500. The van der Waals surface area contributed by atoms with Crippen molar-refractivity contribution in [2.24, 2.45) is 11.3 Å². The number of hydrogen-bond donors (Lipinski definition) is 0. The lowest BCUT2D eigenvalue weighted by molar-refractivity contribution is -0.0187. The SMILES string of the molecule is CC(C)(C)C1CCC(Cl)=C(C2OCCO2)C1. The lowest BCUT2D eigenvalue weighted by Gasteiger charge is -2.36. The van der Waals surface area contributed by atoms with Gasteiger partial charge in [-0.1, -0.05) is 32.4 Å². The molecule has 0 spiro atoms. The number of halogens is 1. The molecule has 0 saturated carbocycles. The minimum Gasteiger partial charge on any atom is -0.346 e. The maximum Gasteiger partial charge on any atom is 0.181 e. The zero-order valence-electron chi connectivity index (χ0n) is 10.4. The number of allylic oxidation sites excluding steroid dienone is 1. The van der Waals surface area contributed by atoms with Gasteiger partial charge in [-0.3, -0.25) is 0 Å². The molecule has 0 bridgehead atoms. The van der Waals surface area contributed by atoms with E-state index in [-0.39, 0.29) is 6.29 Å². The molecule has 0 aromatic rings. The molecule has 1 fully saturated rings. The lowest BCUT2D eigenvalue weighted by atomic mass is 9.72. The summed E-state index contributed by atoms with van der Waals surface area (Å²) in [6.07, 6.45) is 3.01. The van der Waals surface area contributed by atoms with Gasteiger partial charge in [0.2, 0.25) is 0 Å². The number of rotatable bonds is 1. The van der Waals surface area contributed by atoms with Crippen molar-refractivity contribution in [2.45, 2.75) is 46.3 Å². The first kappa shape index (κ1) is 12.4. The summed E-state index contributed by atoms with van der Waals surface area (Å²) in [5.74, 6) is 0.679. The Balaban J connectivity index is 2.10. The third-order valence-corrected chi connectivity index (χ3v) is 4.09. The smallest absolute Gasteiger partial charge is 0.181 e. The standard InChI is InChI=1S/C13H21ClO2/c1-13(2,3)9-4-5-11(14)10(8-9)12-15-6-7-16-12/h9,12H,4-8H2,1-3H3. The largest absolute Gasteiger partial charge is 0.346 e. The van der Waals surface area contributed by atoms with Crippen molar-refractivity contribution in [3.63, 3.8) is 0 Å². The summed E-state index contributed by atoms with van der Waals surface area (Å²) in [5, 5.41) is 0.965. The van der Waals surface area contributed by atoms with E-state index in [0.717, 1.165) is 17.9 Å². The minimum absolute atomic E-state index is 0.169. The topological polar surface area (TPSA) is 18.5 Å². The van der Waals surface area contributed by atoms with E-state index in [1.807, 2.05) is 0 Å². The second-order valence-electron chi connectivity index (χ2n) is 5.81. The molecule has 0 aromatic carbocycles. The summed E-state index contributed by atoms with van der Waals surface area (Å²) in [6.45, 7) is 8.28. The third kappa shape index (κ3) is 2.61. The Bertz CT molecular complexity index is 285. The fraction of sp³-hybridized carbons (Fsp3) is 0.846. The molecular weight excluding hydrogens is 224 g/mol. The molecule has 2 nitrogen and oxygen atoms in total. The predicted molar refractivity (Wildman–Crippen MR) is 65.4 cm³/mol. The summed E-state index contributed by atoms with van der Waals surface area (Å²) in [7, 11) is 0. The monoisotopic (exact) mass is 244 g/mol. The summed E-state index contributed by atoms with van der Waals surface area (Å²) in [5.41, 5.74) is 1.52. The summed E-state index contributed by atoms with van der Waals surface area (Å²) >= 11 is 6.30. The van der Waals surface area contributed by atoms with Crippen LogP contribution in [0.5, 0.6) is 0 Å². The highest BCUT2D eigenvalue weighted by Gasteiger charge is 2.34. The van der Waals surface area contributed by atoms with Crippen LogP contribution in [0.1, 0.15) is 40.0 Å². The van der Waals surface area contributed by atoms with Gasteiger partial charge in [0.1, 0.15) is 0 Å². The Morgan fingerprint density at radius 1 is 1.19 bits per heavy atom.